The van der Waals surface area contributed by atoms with E-state index in [1.807, 2.05) is 0 Å². The van der Waals surface area contributed by atoms with Crippen molar-refractivity contribution in [2.24, 2.45) is 5.92 Å². The van der Waals surface area contributed by atoms with Crippen LogP contribution in [0.1, 0.15) is 34.1 Å². The zero-order valence-electron chi connectivity index (χ0n) is 7.97. The van der Waals surface area contributed by atoms with Crippen molar-refractivity contribution in [3.05, 3.63) is 17.0 Å². The first kappa shape index (κ1) is 8.82. The molecule has 1 aromatic heterocycles. The second-order valence-corrected chi connectivity index (χ2v) is 4.01. The van der Waals surface area contributed by atoms with Gasteiger partial charge in [-0.05, 0) is 12.3 Å². The van der Waals surface area contributed by atoms with Gasteiger partial charge in [-0.15, -0.1) is 0 Å². The Bertz CT molecular complexity index is 454. The number of hydrogen-bond donors (Lipinski definition) is 2. The number of aromatic amines is 1. The average molecular weight is 213 g/mol. The Hall–Kier alpha value is -1.46. The van der Waals surface area contributed by atoms with Crippen molar-refractivity contribution in [2.45, 2.75) is 18.3 Å². The fourth-order valence-corrected chi connectivity index (χ4v) is 2.36. The predicted octanol–water partition coefficient (Wildman–Crippen LogP) is 0.978. The molecule has 2 N–H and O–H groups in total. The normalized spacial score (nSPS) is 29.5. The van der Waals surface area contributed by atoms with E-state index in [0.717, 1.165) is 0 Å². The van der Waals surface area contributed by atoms with Gasteiger partial charge >= 0.3 is 0 Å². The third kappa shape index (κ3) is 0.891. The first-order chi connectivity index (χ1) is 7.07. The minimum absolute atomic E-state index is 0.122. The van der Waals surface area contributed by atoms with Crippen LogP contribution < -0.4 is 5.32 Å². The molecular weight excluding hydrogens is 204 g/mol. The molecule has 1 heterocycles. The van der Waals surface area contributed by atoms with Crippen molar-refractivity contribution in [3.63, 3.8) is 0 Å². The number of nitrogens with zero attached hydrogens (tertiary/aromatic N) is 1. The lowest BCUT2D eigenvalue weighted by atomic mass is 10.1. The highest BCUT2D eigenvalue weighted by Crippen LogP contribution is 2.66. The molecule has 2 aliphatic rings. The molecule has 0 aliphatic heterocycles. The van der Waals surface area contributed by atoms with Gasteiger partial charge in [-0.25, -0.2) is 0 Å². The van der Waals surface area contributed by atoms with Crippen LogP contribution in [-0.4, -0.2) is 23.2 Å². The number of rotatable bonds is 1. The number of halogens is 2. The van der Waals surface area contributed by atoms with Crippen molar-refractivity contribution in [2.75, 3.05) is 7.05 Å². The summed E-state index contributed by atoms with van der Waals surface area (Å²) in [6.45, 7) is 0. The average Bonchev–Trinajstić information content (AvgIpc) is 2.82. The topological polar surface area (TPSA) is 57.8 Å². The van der Waals surface area contributed by atoms with E-state index >= 15 is 0 Å². The number of H-pyrrole nitrogens is 1. The lowest BCUT2D eigenvalue weighted by molar-refractivity contribution is -0.0268. The monoisotopic (exact) mass is 213 g/mol. The number of amides is 1. The standard InChI is InChI=1S/C9H9F2N3O/c1-12-8(15)6-5-3-2-4(3)9(10,11)7(5)14-13-6/h3-4H,2H2,1H3,(H,12,15)(H,13,14)/t3-,4+/m0/s1. The van der Waals surface area contributed by atoms with E-state index < -0.39 is 17.7 Å². The Balaban J connectivity index is 2.14. The molecular formula is C9H9F2N3O. The highest BCUT2D eigenvalue weighted by molar-refractivity contribution is 5.94. The molecule has 0 spiro atoms. The minimum atomic E-state index is -2.83. The van der Waals surface area contributed by atoms with Gasteiger partial charge in [-0.3, -0.25) is 9.89 Å². The first-order valence-corrected chi connectivity index (χ1v) is 4.76. The Morgan fingerprint density at radius 3 is 3.07 bits per heavy atom. The smallest absolute Gasteiger partial charge is 0.292 e. The first-order valence-electron chi connectivity index (χ1n) is 4.76. The number of hydrogen-bond acceptors (Lipinski definition) is 2. The molecule has 0 unspecified atom stereocenters. The van der Waals surface area contributed by atoms with E-state index in [0.29, 0.717) is 12.0 Å². The maximum Gasteiger partial charge on any atom is 0.292 e. The molecule has 4 nitrogen and oxygen atoms in total. The van der Waals surface area contributed by atoms with E-state index in [9.17, 15) is 13.6 Å². The maximum absolute atomic E-state index is 13.6. The molecule has 1 saturated carbocycles. The van der Waals surface area contributed by atoms with Crippen molar-refractivity contribution in [1.29, 1.82) is 0 Å². The highest BCUT2D eigenvalue weighted by atomic mass is 19.3. The van der Waals surface area contributed by atoms with Gasteiger partial charge in [0.15, 0.2) is 5.69 Å². The molecule has 6 heteroatoms. The van der Waals surface area contributed by atoms with E-state index in [4.69, 9.17) is 0 Å². The summed E-state index contributed by atoms with van der Waals surface area (Å²) in [4.78, 5) is 11.4. The van der Waals surface area contributed by atoms with Gasteiger partial charge < -0.3 is 5.32 Å². The summed E-state index contributed by atoms with van der Waals surface area (Å²) in [5, 5.41) is 8.35. The highest BCUT2D eigenvalue weighted by Gasteiger charge is 2.66. The number of carbonyl (C=O) groups is 1. The van der Waals surface area contributed by atoms with Crippen LogP contribution in [0.5, 0.6) is 0 Å². The number of nitrogens with one attached hydrogen (secondary N) is 2. The van der Waals surface area contributed by atoms with Crippen molar-refractivity contribution in [3.8, 4) is 0 Å². The number of fused-ring (bicyclic) bond motifs is 3. The molecule has 1 aromatic rings. The van der Waals surface area contributed by atoms with Crippen LogP contribution in [0.3, 0.4) is 0 Å². The molecule has 2 aliphatic carbocycles. The van der Waals surface area contributed by atoms with Crippen LogP contribution in [-0.2, 0) is 5.92 Å². The van der Waals surface area contributed by atoms with Gasteiger partial charge in [0.1, 0.15) is 5.69 Å². The van der Waals surface area contributed by atoms with Gasteiger partial charge in [0.25, 0.3) is 11.8 Å². The fourth-order valence-electron chi connectivity index (χ4n) is 2.36. The maximum atomic E-state index is 13.6. The van der Waals surface area contributed by atoms with Crippen LogP contribution in [0.25, 0.3) is 0 Å². The van der Waals surface area contributed by atoms with Gasteiger partial charge in [-0.2, -0.15) is 13.9 Å². The lowest BCUT2D eigenvalue weighted by Gasteiger charge is -2.09. The van der Waals surface area contributed by atoms with E-state index in [-0.39, 0.29) is 17.3 Å². The van der Waals surface area contributed by atoms with E-state index in [1.54, 1.807) is 0 Å². The molecule has 0 aromatic carbocycles. The number of alkyl halides is 2. The summed E-state index contributed by atoms with van der Waals surface area (Å²) in [5.74, 6) is -4.04. The zero-order valence-corrected chi connectivity index (χ0v) is 7.97. The second kappa shape index (κ2) is 2.37. The van der Waals surface area contributed by atoms with Crippen LogP contribution in [0.15, 0.2) is 0 Å². The summed E-state index contributed by atoms with van der Waals surface area (Å²) in [6, 6.07) is 0. The summed E-state index contributed by atoms with van der Waals surface area (Å²) < 4.78 is 27.1. The van der Waals surface area contributed by atoms with Crippen LogP contribution in [0, 0.1) is 5.92 Å². The second-order valence-electron chi connectivity index (χ2n) is 4.01. The summed E-state index contributed by atoms with van der Waals surface area (Å²) in [6.07, 6.45) is 0.462. The Labute approximate surface area is 84.0 Å². The summed E-state index contributed by atoms with van der Waals surface area (Å²) in [5.41, 5.74) is 0.379. The molecule has 0 bridgehead atoms. The molecule has 80 valence electrons. The molecule has 1 amide bonds. The number of carbonyl (C=O) groups excluding carboxylic acids is 1. The quantitative estimate of drug-likeness (QED) is 0.730. The summed E-state index contributed by atoms with van der Waals surface area (Å²) in [7, 11) is 1.46. The molecule has 3 rings (SSSR count). The molecule has 2 atom stereocenters. The molecule has 15 heavy (non-hydrogen) atoms. The Morgan fingerprint density at radius 1 is 1.67 bits per heavy atom. The van der Waals surface area contributed by atoms with Gasteiger partial charge in [0.05, 0.1) is 0 Å². The molecule has 0 radical (unpaired) electrons. The predicted molar refractivity (Wildman–Crippen MR) is 46.7 cm³/mol. The Morgan fingerprint density at radius 2 is 2.40 bits per heavy atom. The van der Waals surface area contributed by atoms with Crippen molar-refractivity contribution >= 4 is 5.91 Å². The van der Waals surface area contributed by atoms with Crippen molar-refractivity contribution < 1.29 is 13.6 Å². The molecule has 1 fully saturated rings. The van der Waals surface area contributed by atoms with Crippen LogP contribution in [0.4, 0.5) is 8.78 Å². The summed E-state index contributed by atoms with van der Waals surface area (Å²) >= 11 is 0. The molecule has 0 saturated heterocycles. The lowest BCUT2D eigenvalue weighted by Crippen LogP contribution is -2.19. The van der Waals surface area contributed by atoms with E-state index in [1.165, 1.54) is 7.05 Å². The largest absolute Gasteiger partial charge is 0.354 e. The van der Waals surface area contributed by atoms with Crippen LogP contribution >= 0.6 is 0 Å². The fraction of sp³-hybridized carbons (Fsp3) is 0.556. The third-order valence-corrected chi connectivity index (χ3v) is 3.21. The Kier molecular flexibility index (Phi) is 1.39. The minimum Gasteiger partial charge on any atom is -0.354 e. The number of aromatic nitrogens is 2. The van der Waals surface area contributed by atoms with Gasteiger partial charge in [0.2, 0.25) is 0 Å². The van der Waals surface area contributed by atoms with Gasteiger partial charge in [0, 0.05) is 18.5 Å². The van der Waals surface area contributed by atoms with Crippen molar-refractivity contribution in [1.82, 2.24) is 15.5 Å². The SMILES string of the molecule is CNC(=O)c1n[nH]c2c1[C@H]1C[C@H]1C2(F)F. The van der Waals surface area contributed by atoms with Crippen LogP contribution in [0.2, 0.25) is 0 Å². The third-order valence-electron chi connectivity index (χ3n) is 3.21. The van der Waals surface area contributed by atoms with E-state index in [2.05, 4.69) is 15.5 Å². The zero-order chi connectivity index (χ0) is 10.8. The van der Waals surface area contributed by atoms with Gasteiger partial charge in [-0.1, -0.05) is 0 Å².